The lowest BCUT2D eigenvalue weighted by Gasteiger charge is -2.35. The first-order valence-electron chi connectivity index (χ1n) is 10.2. The molecule has 0 unspecified atom stereocenters. The Bertz CT molecular complexity index is 1020. The molecule has 7 nitrogen and oxygen atoms in total. The monoisotopic (exact) mass is 437 g/mol. The molecule has 2 aliphatic rings. The molecule has 2 aromatic rings. The standard InChI is InChI=1S/C20H25F2N5O2S/c1-15-23-19(25-7-3-2-4-8-25)14-20(24-15)26-9-11-27(12-10-26)30(28,29)18-13-16(21)5-6-17(18)22/h5-6,13-14H,2-4,7-12H2,1H3. The van der Waals surface area contributed by atoms with Gasteiger partial charge >= 0.3 is 0 Å². The van der Waals surface area contributed by atoms with Crippen molar-refractivity contribution in [1.82, 2.24) is 14.3 Å². The van der Waals surface area contributed by atoms with Crippen LogP contribution in [0.15, 0.2) is 29.2 Å². The van der Waals surface area contributed by atoms with Gasteiger partial charge in [0.05, 0.1) is 0 Å². The predicted molar refractivity (Wildman–Crippen MR) is 110 cm³/mol. The van der Waals surface area contributed by atoms with Crippen molar-refractivity contribution in [1.29, 1.82) is 0 Å². The topological polar surface area (TPSA) is 69.6 Å². The smallest absolute Gasteiger partial charge is 0.246 e. The SMILES string of the molecule is Cc1nc(N2CCCCC2)cc(N2CCN(S(=O)(=O)c3cc(F)ccc3F)CC2)n1. The summed E-state index contributed by atoms with van der Waals surface area (Å²) in [5.41, 5.74) is 0. The lowest BCUT2D eigenvalue weighted by atomic mass is 10.1. The molecule has 0 spiro atoms. The Hall–Kier alpha value is -2.33. The second-order valence-corrected chi connectivity index (χ2v) is 9.55. The molecule has 4 rings (SSSR count). The molecule has 0 atom stereocenters. The van der Waals surface area contributed by atoms with E-state index < -0.39 is 26.6 Å². The Morgan fingerprint density at radius 1 is 0.833 bits per heavy atom. The van der Waals surface area contributed by atoms with Crippen molar-refractivity contribution in [2.75, 3.05) is 49.1 Å². The van der Waals surface area contributed by atoms with Crippen molar-refractivity contribution in [3.05, 3.63) is 41.7 Å². The van der Waals surface area contributed by atoms with E-state index in [1.807, 2.05) is 17.9 Å². The number of hydrogen-bond donors (Lipinski definition) is 0. The summed E-state index contributed by atoms with van der Waals surface area (Å²) < 4.78 is 54.3. The van der Waals surface area contributed by atoms with Crippen LogP contribution in [0.1, 0.15) is 25.1 Å². The van der Waals surface area contributed by atoms with Crippen molar-refractivity contribution < 1.29 is 17.2 Å². The van der Waals surface area contributed by atoms with Gasteiger partial charge in [-0.05, 0) is 44.4 Å². The maximum absolute atomic E-state index is 14.0. The van der Waals surface area contributed by atoms with E-state index in [-0.39, 0.29) is 13.1 Å². The second kappa shape index (κ2) is 8.43. The molecular formula is C20H25F2N5O2S. The molecule has 162 valence electrons. The summed E-state index contributed by atoms with van der Waals surface area (Å²) in [5, 5.41) is 0. The molecule has 1 aromatic carbocycles. The highest BCUT2D eigenvalue weighted by atomic mass is 32.2. The maximum atomic E-state index is 14.0. The average molecular weight is 438 g/mol. The zero-order valence-corrected chi connectivity index (χ0v) is 17.7. The van der Waals surface area contributed by atoms with Crippen LogP contribution in [0.4, 0.5) is 20.4 Å². The normalized spacial score (nSPS) is 18.6. The van der Waals surface area contributed by atoms with E-state index in [4.69, 9.17) is 0 Å². The molecule has 2 saturated heterocycles. The van der Waals surface area contributed by atoms with Crippen LogP contribution in [0.5, 0.6) is 0 Å². The number of aryl methyl sites for hydroxylation is 1. The Kier molecular flexibility index (Phi) is 5.88. The highest BCUT2D eigenvalue weighted by molar-refractivity contribution is 7.89. The first-order chi connectivity index (χ1) is 14.3. The Balaban J connectivity index is 1.49. The van der Waals surface area contributed by atoms with Gasteiger partial charge in [-0.3, -0.25) is 0 Å². The number of anilines is 2. The molecule has 2 fully saturated rings. The van der Waals surface area contributed by atoms with E-state index in [2.05, 4.69) is 14.9 Å². The van der Waals surface area contributed by atoms with E-state index in [0.29, 0.717) is 18.9 Å². The van der Waals surface area contributed by atoms with Gasteiger partial charge in [-0.15, -0.1) is 0 Å². The first-order valence-corrected chi connectivity index (χ1v) is 11.6. The van der Waals surface area contributed by atoms with Gasteiger partial charge < -0.3 is 9.80 Å². The summed E-state index contributed by atoms with van der Waals surface area (Å²) in [7, 11) is -4.10. The maximum Gasteiger partial charge on any atom is 0.246 e. The fraction of sp³-hybridized carbons (Fsp3) is 0.500. The molecule has 30 heavy (non-hydrogen) atoms. The Morgan fingerprint density at radius 2 is 1.43 bits per heavy atom. The molecule has 0 saturated carbocycles. The van der Waals surface area contributed by atoms with Crippen molar-refractivity contribution >= 4 is 21.7 Å². The average Bonchev–Trinajstić information content (AvgIpc) is 2.75. The summed E-state index contributed by atoms with van der Waals surface area (Å²) in [6.07, 6.45) is 3.52. The summed E-state index contributed by atoms with van der Waals surface area (Å²) in [4.78, 5) is 12.7. The number of hydrogen-bond acceptors (Lipinski definition) is 6. The number of piperidine rings is 1. The van der Waals surface area contributed by atoms with E-state index >= 15 is 0 Å². The van der Waals surface area contributed by atoms with Gasteiger partial charge in [0, 0.05) is 45.3 Å². The molecule has 0 aliphatic carbocycles. The van der Waals surface area contributed by atoms with Crippen LogP contribution in [0.2, 0.25) is 0 Å². The van der Waals surface area contributed by atoms with Gasteiger partial charge in [-0.1, -0.05) is 0 Å². The third-order valence-corrected chi connectivity index (χ3v) is 7.48. The summed E-state index contributed by atoms with van der Waals surface area (Å²) in [6.45, 7) is 4.95. The first kappa shape index (κ1) is 20.9. The fourth-order valence-corrected chi connectivity index (χ4v) is 5.45. The Labute approximate surface area is 175 Å². The van der Waals surface area contributed by atoms with Crippen molar-refractivity contribution in [2.45, 2.75) is 31.1 Å². The number of piperazine rings is 1. The van der Waals surface area contributed by atoms with Crippen molar-refractivity contribution in [3.63, 3.8) is 0 Å². The third kappa shape index (κ3) is 4.24. The number of halogens is 2. The number of sulfonamides is 1. The highest BCUT2D eigenvalue weighted by Gasteiger charge is 2.31. The molecule has 0 radical (unpaired) electrons. The number of aromatic nitrogens is 2. The third-order valence-electron chi connectivity index (χ3n) is 5.56. The highest BCUT2D eigenvalue weighted by Crippen LogP contribution is 2.25. The minimum Gasteiger partial charge on any atom is -0.356 e. The zero-order chi connectivity index (χ0) is 21.3. The van der Waals surface area contributed by atoms with Crippen LogP contribution in [0, 0.1) is 18.6 Å². The summed E-state index contributed by atoms with van der Waals surface area (Å²) in [5.74, 6) is 0.600. The molecule has 10 heteroatoms. The van der Waals surface area contributed by atoms with Gasteiger partial charge in [-0.25, -0.2) is 27.2 Å². The number of nitrogens with zero attached hydrogens (tertiary/aromatic N) is 5. The van der Waals surface area contributed by atoms with E-state index in [1.165, 1.54) is 10.7 Å². The molecule has 0 bridgehead atoms. The van der Waals surface area contributed by atoms with E-state index in [0.717, 1.165) is 55.8 Å². The predicted octanol–water partition coefficient (Wildman–Crippen LogP) is 2.56. The van der Waals surface area contributed by atoms with Gasteiger partial charge in [0.1, 0.15) is 34.0 Å². The van der Waals surface area contributed by atoms with Crippen molar-refractivity contribution in [3.8, 4) is 0 Å². The van der Waals surface area contributed by atoms with Gasteiger partial charge in [0.25, 0.3) is 0 Å². The summed E-state index contributed by atoms with van der Waals surface area (Å²) in [6, 6.07) is 4.43. The van der Waals surface area contributed by atoms with Gasteiger partial charge in [-0.2, -0.15) is 4.31 Å². The van der Waals surface area contributed by atoms with Gasteiger partial charge in [0.15, 0.2) is 0 Å². The molecule has 1 aromatic heterocycles. The lowest BCUT2D eigenvalue weighted by molar-refractivity contribution is 0.380. The molecular weight excluding hydrogens is 412 g/mol. The second-order valence-electron chi connectivity index (χ2n) is 7.65. The molecule has 3 heterocycles. The minimum absolute atomic E-state index is 0.167. The molecule has 0 amide bonds. The quantitative estimate of drug-likeness (QED) is 0.732. The number of benzene rings is 1. The van der Waals surface area contributed by atoms with Crippen LogP contribution < -0.4 is 9.80 Å². The number of rotatable bonds is 4. The minimum atomic E-state index is -4.10. The lowest BCUT2D eigenvalue weighted by Crippen LogP contribution is -2.49. The van der Waals surface area contributed by atoms with Crippen LogP contribution >= 0.6 is 0 Å². The van der Waals surface area contributed by atoms with Crippen LogP contribution in [0.3, 0.4) is 0 Å². The van der Waals surface area contributed by atoms with Crippen molar-refractivity contribution in [2.24, 2.45) is 0 Å². The van der Waals surface area contributed by atoms with Crippen LogP contribution in [-0.4, -0.2) is 62.0 Å². The van der Waals surface area contributed by atoms with Crippen LogP contribution in [-0.2, 0) is 10.0 Å². The van der Waals surface area contributed by atoms with E-state index in [1.54, 1.807) is 0 Å². The summed E-state index contributed by atoms with van der Waals surface area (Å²) >= 11 is 0. The fourth-order valence-electron chi connectivity index (χ4n) is 3.96. The molecule has 2 aliphatic heterocycles. The van der Waals surface area contributed by atoms with E-state index in [9.17, 15) is 17.2 Å². The Morgan fingerprint density at radius 3 is 2.07 bits per heavy atom. The van der Waals surface area contributed by atoms with Crippen LogP contribution in [0.25, 0.3) is 0 Å². The molecule has 0 N–H and O–H groups in total. The largest absolute Gasteiger partial charge is 0.356 e. The zero-order valence-electron chi connectivity index (χ0n) is 16.9. The van der Waals surface area contributed by atoms with Gasteiger partial charge in [0.2, 0.25) is 10.0 Å².